The van der Waals surface area contributed by atoms with E-state index < -0.39 is 0 Å². The van der Waals surface area contributed by atoms with Crippen molar-refractivity contribution in [2.45, 2.75) is 13.0 Å². The number of nitrogens with one attached hydrogen (secondary N) is 1. The summed E-state index contributed by atoms with van der Waals surface area (Å²) in [6.45, 7) is 2.13. The minimum absolute atomic E-state index is 0.0903. The predicted octanol–water partition coefficient (Wildman–Crippen LogP) is 1.42. The lowest BCUT2D eigenvalue weighted by Gasteiger charge is -2.33. The Hall–Kier alpha value is -1.31. The van der Waals surface area contributed by atoms with Crippen molar-refractivity contribution in [3.63, 3.8) is 0 Å². The molecular formula is C12H13NO. The number of hydrogen-bond donors (Lipinski definition) is 1. The summed E-state index contributed by atoms with van der Waals surface area (Å²) in [6, 6.07) is 0.219. The zero-order valence-corrected chi connectivity index (χ0v) is 8.10. The van der Waals surface area contributed by atoms with Crippen molar-refractivity contribution in [2.24, 2.45) is 17.3 Å². The van der Waals surface area contributed by atoms with E-state index in [2.05, 4.69) is 48.7 Å². The van der Waals surface area contributed by atoms with E-state index in [1.54, 1.807) is 0 Å². The molecule has 14 heavy (non-hydrogen) atoms. The van der Waals surface area contributed by atoms with Gasteiger partial charge in [0.1, 0.15) is 0 Å². The molecule has 72 valence electrons. The molecule has 1 amide bonds. The number of allylic oxidation sites excluding steroid dienone is 4. The molecule has 1 aliphatic heterocycles. The van der Waals surface area contributed by atoms with Gasteiger partial charge in [0.25, 0.3) is 0 Å². The standard InChI is InChI=1S/C12H13NO/c1-12-6-3-2-4-8-9(5-7-12)13-11(14)10(8)12/h2-10H,1H3,(H,13,14). The maximum absolute atomic E-state index is 11.8. The minimum Gasteiger partial charge on any atom is -0.349 e. The first kappa shape index (κ1) is 8.04. The molecule has 0 aromatic carbocycles. The Morgan fingerprint density at radius 1 is 1.29 bits per heavy atom. The predicted molar refractivity (Wildman–Crippen MR) is 54.4 cm³/mol. The number of hydrogen-bond acceptors (Lipinski definition) is 1. The summed E-state index contributed by atoms with van der Waals surface area (Å²) >= 11 is 0. The Balaban J connectivity index is 2.20. The second-order valence-electron chi connectivity index (χ2n) is 4.56. The van der Waals surface area contributed by atoms with Gasteiger partial charge in [-0.2, -0.15) is 0 Å². The molecule has 1 N–H and O–H groups in total. The van der Waals surface area contributed by atoms with Crippen LogP contribution in [0.15, 0.2) is 36.5 Å². The first-order valence-electron chi connectivity index (χ1n) is 5.06. The highest BCUT2D eigenvalue weighted by Crippen LogP contribution is 2.46. The zero-order valence-electron chi connectivity index (χ0n) is 8.10. The summed E-state index contributed by atoms with van der Waals surface area (Å²) < 4.78 is 0. The van der Waals surface area contributed by atoms with Gasteiger partial charge in [0.05, 0.1) is 12.0 Å². The smallest absolute Gasteiger partial charge is 0.225 e. The van der Waals surface area contributed by atoms with Gasteiger partial charge in [0.15, 0.2) is 0 Å². The van der Waals surface area contributed by atoms with Crippen LogP contribution in [0, 0.1) is 17.3 Å². The second kappa shape index (κ2) is 2.38. The van der Waals surface area contributed by atoms with E-state index in [-0.39, 0.29) is 23.3 Å². The lowest BCUT2D eigenvalue weighted by atomic mass is 9.67. The molecule has 0 aromatic rings. The van der Waals surface area contributed by atoms with Crippen molar-refractivity contribution in [1.82, 2.24) is 5.32 Å². The van der Waals surface area contributed by atoms with Crippen molar-refractivity contribution < 1.29 is 4.79 Å². The summed E-state index contributed by atoms with van der Waals surface area (Å²) in [7, 11) is 0. The van der Waals surface area contributed by atoms with Crippen LogP contribution in [0.25, 0.3) is 0 Å². The molecule has 2 aliphatic carbocycles. The minimum atomic E-state index is -0.0920. The van der Waals surface area contributed by atoms with Crippen molar-refractivity contribution in [1.29, 1.82) is 0 Å². The molecule has 0 aromatic heterocycles. The fourth-order valence-corrected chi connectivity index (χ4v) is 2.87. The Kier molecular flexibility index (Phi) is 1.37. The Bertz CT molecular complexity index is 380. The lowest BCUT2D eigenvalue weighted by molar-refractivity contribution is -0.124. The largest absolute Gasteiger partial charge is 0.349 e. The molecule has 4 atom stereocenters. The SMILES string of the molecule is CC12C=CC=CC3C(C=C1)NC(=O)C32. The third kappa shape index (κ3) is 0.834. The van der Waals surface area contributed by atoms with E-state index in [9.17, 15) is 4.79 Å². The van der Waals surface area contributed by atoms with Crippen LogP contribution in [0.5, 0.6) is 0 Å². The molecule has 0 radical (unpaired) electrons. The van der Waals surface area contributed by atoms with Crippen molar-refractivity contribution >= 4 is 5.91 Å². The fourth-order valence-electron chi connectivity index (χ4n) is 2.87. The highest BCUT2D eigenvalue weighted by Gasteiger charge is 2.51. The van der Waals surface area contributed by atoms with Crippen LogP contribution >= 0.6 is 0 Å². The first-order valence-corrected chi connectivity index (χ1v) is 5.06. The number of amides is 1. The molecule has 1 saturated heterocycles. The molecule has 1 fully saturated rings. The third-order valence-electron chi connectivity index (χ3n) is 3.62. The molecule has 3 rings (SSSR count). The molecule has 3 aliphatic rings. The molecule has 2 heteroatoms. The maximum atomic E-state index is 11.8. The van der Waals surface area contributed by atoms with Crippen LogP contribution in [-0.4, -0.2) is 11.9 Å². The summed E-state index contributed by atoms with van der Waals surface area (Å²) in [4.78, 5) is 11.8. The van der Waals surface area contributed by atoms with E-state index in [4.69, 9.17) is 0 Å². The summed E-state index contributed by atoms with van der Waals surface area (Å²) in [5.74, 6) is 0.628. The third-order valence-corrected chi connectivity index (χ3v) is 3.62. The summed E-state index contributed by atoms with van der Waals surface area (Å²) in [6.07, 6.45) is 12.7. The number of rotatable bonds is 0. The highest BCUT2D eigenvalue weighted by atomic mass is 16.2. The van der Waals surface area contributed by atoms with E-state index >= 15 is 0 Å². The number of carbonyl (C=O) groups excluding carboxylic acids is 1. The molecule has 1 heterocycles. The van der Waals surface area contributed by atoms with Crippen LogP contribution in [-0.2, 0) is 4.79 Å². The zero-order chi connectivity index (χ0) is 9.76. The molecular weight excluding hydrogens is 174 g/mol. The van der Waals surface area contributed by atoms with Crippen molar-refractivity contribution in [3.05, 3.63) is 36.5 Å². The average molecular weight is 187 g/mol. The molecule has 2 nitrogen and oxygen atoms in total. The van der Waals surface area contributed by atoms with Crippen LogP contribution in [0.1, 0.15) is 6.92 Å². The van der Waals surface area contributed by atoms with Gasteiger partial charge >= 0.3 is 0 Å². The molecule has 4 bridgehead atoms. The summed E-state index contributed by atoms with van der Waals surface area (Å²) in [5.41, 5.74) is -0.0920. The van der Waals surface area contributed by atoms with E-state index in [0.29, 0.717) is 5.92 Å². The fraction of sp³-hybridized carbons (Fsp3) is 0.417. The lowest BCUT2D eigenvalue weighted by Crippen LogP contribution is -2.34. The normalized spacial score (nSPS) is 47.8. The van der Waals surface area contributed by atoms with Gasteiger partial charge in [-0.05, 0) is 0 Å². The van der Waals surface area contributed by atoms with Gasteiger partial charge in [-0.1, -0.05) is 43.4 Å². The van der Waals surface area contributed by atoms with Crippen LogP contribution in [0.3, 0.4) is 0 Å². The van der Waals surface area contributed by atoms with Crippen LogP contribution in [0.2, 0.25) is 0 Å². The maximum Gasteiger partial charge on any atom is 0.225 e. The number of carbonyl (C=O) groups is 1. The van der Waals surface area contributed by atoms with E-state index in [1.165, 1.54) is 0 Å². The Morgan fingerprint density at radius 3 is 3.00 bits per heavy atom. The quantitative estimate of drug-likeness (QED) is 0.571. The highest BCUT2D eigenvalue weighted by molar-refractivity contribution is 5.85. The topological polar surface area (TPSA) is 29.1 Å². The monoisotopic (exact) mass is 187 g/mol. The van der Waals surface area contributed by atoms with Crippen LogP contribution < -0.4 is 5.32 Å². The van der Waals surface area contributed by atoms with Gasteiger partial charge in [-0.25, -0.2) is 0 Å². The van der Waals surface area contributed by atoms with Gasteiger partial charge in [-0.15, -0.1) is 0 Å². The van der Waals surface area contributed by atoms with Crippen LogP contribution in [0.4, 0.5) is 0 Å². The summed E-state index contributed by atoms with van der Waals surface area (Å²) in [5, 5.41) is 3.03. The Labute approximate surface area is 83.4 Å². The van der Waals surface area contributed by atoms with Gasteiger partial charge < -0.3 is 5.32 Å². The molecule has 4 unspecified atom stereocenters. The average Bonchev–Trinajstić information content (AvgIpc) is 2.31. The van der Waals surface area contributed by atoms with Gasteiger partial charge in [0, 0.05) is 11.3 Å². The van der Waals surface area contributed by atoms with Crippen molar-refractivity contribution in [3.8, 4) is 0 Å². The molecule has 0 saturated carbocycles. The molecule has 0 spiro atoms. The Morgan fingerprint density at radius 2 is 2.14 bits per heavy atom. The van der Waals surface area contributed by atoms with Gasteiger partial charge in [0.2, 0.25) is 5.91 Å². The van der Waals surface area contributed by atoms with Crippen molar-refractivity contribution in [2.75, 3.05) is 0 Å². The first-order chi connectivity index (χ1) is 6.71. The van der Waals surface area contributed by atoms with E-state index in [0.717, 1.165) is 0 Å². The van der Waals surface area contributed by atoms with E-state index in [1.807, 2.05) is 0 Å². The second-order valence-corrected chi connectivity index (χ2v) is 4.56. The van der Waals surface area contributed by atoms with Gasteiger partial charge in [-0.3, -0.25) is 4.79 Å².